The molecule has 3 rings (SSSR count). The Hall–Kier alpha value is -4.41. The number of benzene rings is 2. The summed E-state index contributed by atoms with van der Waals surface area (Å²) in [5.41, 5.74) is 1.43. The molecule has 11 nitrogen and oxygen atoms in total. The number of phenolic OH excluding ortho intramolecular Hbond substituents is 1. The second kappa shape index (κ2) is 13.6. The molecule has 1 aliphatic heterocycles. The van der Waals surface area contributed by atoms with Crippen LogP contribution >= 0.6 is 0 Å². The van der Waals surface area contributed by atoms with Gasteiger partial charge in [-0.25, -0.2) is 4.79 Å². The van der Waals surface area contributed by atoms with Crippen molar-refractivity contribution in [1.29, 1.82) is 0 Å². The van der Waals surface area contributed by atoms with Crippen LogP contribution in [0.25, 0.3) is 0 Å². The van der Waals surface area contributed by atoms with Crippen molar-refractivity contribution in [1.82, 2.24) is 21.3 Å². The molecule has 0 spiro atoms. The van der Waals surface area contributed by atoms with Crippen LogP contribution in [0.5, 0.6) is 5.75 Å². The number of ether oxygens (including phenoxy) is 1. The molecule has 0 aliphatic carbocycles. The molecule has 0 radical (unpaired) electrons. The Morgan fingerprint density at radius 2 is 1.78 bits per heavy atom. The molecule has 11 heteroatoms. The van der Waals surface area contributed by atoms with Gasteiger partial charge in [0.1, 0.15) is 24.7 Å². The number of alkyl carbamates (subject to hydrolysis) is 1. The van der Waals surface area contributed by atoms with Crippen LogP contribution in [0, 0.1) is 5.92 Å². The molecule has 0 bridgehead atoms. The molecule has 0 unspecified atom stereocenters. The van der Waals surface area contributed by atoms with Crippen LogP contribution in [0.15, 0.2) is 54.6 Å². The SMILES string of the molecule is O=C[C@H](C[C@@H]1CCNC1=O)NC(=O)CNC(=O)[C@H](Cc1ccc(O)cc1)NC(=O)OCc1ccccc1. The van der Waals surface area contributed by atoms with Crippen molar-refractivity contribution in [2.45, 2.75) is 38.0 Å². The van der Waals surface area contributed by atoms with E-state index in [0.717, 1.165) is 5.56 Å². The minimum absolute atomic E-state index is 0.00866. The maximum atomic E-state index is 12.9. The van der Waals surface area contributed by atoms with Gasteiger partial charge in [-0.3, -0.25) is 14.4 Å². The van der Waals surface area contributed by atoms with E-state index in [0.29, 0.717) is 24.8 Å². The molecule has 2 aromatic carbocycles. The Morgan fingerprint density at radius 1 is 1.05 bits per heavy atom. The zero-order chi connectivity index (χ0) is 26.6. The predicted molar refractivity (Wildman–Crippen MR) is 132 cm³/mol. The van der Waals surface area contributed by atoms with Gasteiger partial charge in [-0.05, 0) is 36.1 Å². The highest BCUT2D eigenvalue weighted by Gasteiger charge is 2.28. The van der Waals surface area contributed by atoms with Crippen molar-refractivity contribution in [3.63, 3.8) is 0 Å². The van der Waals surface area contributed by atoms with E-state index in [1.54, 1.807) is 36.4 Å². The second-order valence-corrected chi connectivity index (χ2v) is 8.67. The monoisotopic (exact) mass is 510 g/mol. The van der Waals surface area contributed by atoms with E-state index in [9.17, 15) is 29.1 Å². The summed E-state index contributed by atoms with van der Waals surface area (Å²) >= 11 is 0. The summed E-state index contributed by atoms with van der Waals surface area (Å²) in [7, 11) is 0. The summed E-state index contributed by atoms with van der Waals surface area (Å²) < 4.78 is 5.21. The zero-order valence-corrected chi connectivity index (χ0v) is 20.1. The Bertz CT molecular complexity index is 1090. The summed E-state index contributed by atoms with van der Waals surface area (Å²) in [4.78, 5) is 60.7. The number of hydrogen-bond acceptors (Lipinski definition) is 7. The van der Waals surface area contributed by atoms with Crippen LogP contribution in [0.3, 0.4) is 0 Å². The van der Waals surface area contributed by atoms with Crippen LogP contribution in [0.1, 0.15) is 24.0 Å². The molecule has 5 N–H and O–H groups in total. The molecule has 0 saturated carbocycles. The number of nitrogens with one attached hydrogen (secondary N) is 4. The topological polar surface area (TPSA) is 163 Å². The lowest BCUT2D eigenvalue weighted by atomic mass is 9.99. The summed E-state index contributed by atoms with van der Waals surface area (Å²) in [5, 5.41) is 19.7. The van der Waals surface area contributed by atoms with Crippen molar-refractivity contribution >= 4 is 30.1 Å². The second-order valence-electron chi connectivity index (χ2n) is 8.67. The lowest BCUT2D eigenvalue weighted by molar-refractivity contribution is -0.128. The third kappa shape index (κ3) is 8.95. The first-order chi connectivity index (χ1) is 17.8. The first-order valence-corrected chi connectivity index (χ1v) is 11.9. The highest BCUT2D eigenvalue weighted by Crippen LogP contribution is 2.15. The maximum Gasteiger partial charge on any atom is 0.408 e. The minimum atomic E-state index is -1.08. The number of carbonyl (C=O) groups excluding carboxylic acids is 5. The van der Waals surface area contributed by atoms with Gasteiger partial charge in [-0.15, -0.1) is 0 Å². The molecule has 1 aliphatic rings. The van der Waals surface area contributed by atoms with Gasteiger partial charge in [0.25, 0.3) is 0 Å². The first-order valence-electron chi connectivity index (χ1n) is 11.9. The van der Waals surface area contributed by atoms with Crippen LogP contribution in [-0.2, 0) is 36.9 Å². The van der Waals surface area contributed by atoms with Gasteiger partial charge in [-0.2, -0.15) is 0 Å². The van der Waals surface area contributed by atoms with E-state index in [1.165, 1.54) is 12.1 Å². The number of rotatable bonds is 12. The van der Waals surface area contributed by atoms with Gasteiger partial charge in [0.2, 0.25) is 17.7 Å². The van der Waals surface area contributed by atoms with E-state index >= 15 is 0 Å². The summed E-state index contributed by atoms with van der Waals surface area (Å²) in [6, 6.07) is 13.2. The Balaban J connectivity index is 1.55. The Morgan fingerprint density at radius 3 is 2.43 bits per heavy atom. The average molecular weight is 511 g/mol. The zero-order valence-electron chi connectivity index (χ0n) is 20.1. The molecular formula is C26H30N4O7. The molecule has 3 atom stereocenters. The van der Waals surface area contributed by atoms with Gasteiger partial charge < -0.3 is 35.9 Å². The number of hydrogen-bond donors (Lipinski definition) is 5. The van der Waals surface area contributed by atoms with Gasteiger partial charge >= 0.3 is 6.09 Å². The standard InChI is InChI=1S/C26H30N4O7/c31-15-20(13-19-10-11-27-24(19)34)29-23(33)14-28-25(35)22(12-17-6-8-21(32)9-7-17)30-26(36)37-16-18-4-2-1-3-5-18/h1-9,15,19-20,22,32H,10-14,16H2,(H,27,34)(H,28,35)(H,29,33)(H,30,36)/t19-,20-,22-/m0/s1. The summed E-state index contributed by atoms with van der Waals surface area (Å²) in [6.45, 7) is 0.101. The lowest BCUT2D eigenvalue weighted by Crippen LogP contribution is -2.51. The Kier molecular flexibility index (Phi) is 10.0. The van der Waals surface area contributed by atoms with E-state index in [4.69, 9.17) is 4.74 Å². The Labute approximate surface area is 214 Å². The van der Waals surface area contributed by atoms with Crippen LogP contribution < -0.4 is 21.3 Å². The third-order valence-electron chi connectivity index (χ3n) is 5.83. The van der Waals surface area contributed by atoms with Gasteiger partial charge in [0.15, 0.2) is 0 Å². The number of aromatic hydroxyl groups is 1. The number of phenols is 1. The van der Waals surface area contributed by atoms with Crippen molar-refractivity contribution < 1.29 is 33.8 Å². The average Bonchev–Trinajstić information content (AvgIpc) is 3.31. The fraction of sp³-hybridized carbons (Fsp3) is 0.346. The summed E-state index contributed by atoms with van der Waals surface area (Å²) in [6.07, 6.45) is 0.572. The minimum Gasteiger partial charge on any atom is -0.508 e. The quantitative estimate of drug-likeness (QED) is 0.260. The lowest BCUT2D eigenvalue weighted by Gasteiger charge is -2.19. The number of aldehydes is 1. The highest BCUT2D eigenvalue weighted by atomic mass is 16.5. The number of amides is 4. The van der Waals surface area contributed by atoms with E-state index < -0.39 is 36.5 Å². The maximum absolute atomic E-state index is 12.9. The fourth-order valence-corrected chi connectivity index (χ4v) is 3.86. The molecule has 1 fully saturated rings. The van der Waals surface area contributed by atoms with Gasteiger partial charge in [0.05, 0.1) is 12.6 Å². The predicted octanol–water partition coefficient (Wildman–Crippen LogP) is 0.556. The van der Waals surface area contributed by atoms with Gasteiger partial charge in [-0.1, -0.05) is 42.5 Å². The van der Waals surface area contributed by atoms with E-state index in [1.807, 2.05) is 6.07 Å². The molecule has 4 amide bonds. The van der Waals surface area contributed by atoms with E-state index in [2.05, 4.69) is 21.3 Å². The normalized spacial score (nSPS) is 16.1. The molecule has 196 valence electrons. The van der Waals surface area contributed by atoms with Crippen molar-refractivity contribution in [2.24, 2.45) is 5.92 Å². The van der Waals surface area contributed by atoms with Crippen molar-refractivity contribution in [3.8, 4) is 5.75 Å². The molecule has 0 aromatic heterocycles. The largest absolute Gasteiger partial charge is 0.508 e. The third-order valence-corrected chi connectivity index (χ3v) is 5.83. The van der Waals surface area contributed by atoms with Crippen LogP contribution in [0.4, 0.5) is 4.79 Å². The van der Waals surface area contributed by atoms with Crippen LogP contribution in [0.2, 0.25) is 0 Å². The molecule has 1 saturated heterocycles. The van der Waals surface area contributed by atoms with Crippen LogP contribution in [-0.4, -0.2) is 60.4 Å². The first kappa shape index (κ1) is 27.2. The summed E-state index contributed by atoms with van der Waals surface area (Å²) in [5.74, 6) is -1.71. The van der Waals surface area contributed by atoms with E-state index in [-0.39, 0.29) is 37.0 Å². The highest BCUT2D eigenvalue weighted by molar-refractivity contribution is 5.90. The smallest absolute Gasteiger partial charge is 0.408 e. The molecule has 37 heavy (non-hydrogen) atoms. The molecule has 2 aromatic rings. The number of carbonyl (C=O) groups is 5. The molecular weight excluding hydrogens is 480 g/mol. The fourth-order valence-electron chi connectivity index (χ4n) is 3.86. The van der Waals surface area contributed by atoms with Gasteiger partial charge in [0, 0.05) is 18.9 Å². The van der Waals surface area contributed by atoms with Crippen molar-refractivity contribution in [3.05, 3.63) is 65.7 Å². The van der Waals surface area contributed by atoms with Crippen molar-refractivity contribution in [2.75, 3.05) is 13.1 Å². The molecule has 1 heterocycles.